The number of benzene rings is 1. The van der Waals surface area contributed by atoms with E-state index in [1.165, 1.54) is 11.8 Å². The number of nitrogens with one attached hydrogen (secondary N) is 1. The molecule has 0 radical (unpaired) electrons. The summed E-state index contributed by atoms with van der Waals surface area (Å²) < 4.78 is 1.95. The highest BCUT2D eigenvalue weighted by atomic mass is 32.2. The number of nitrogens with zero attached hydrogens (tertiary/aromatic N) is 4. The number of rotatable bonds is 7. The topological polar surface area (TPSA) is 72.7 Å². The van der Waals surface area contributed by atoms with E-state index in [4.69, 9.17) is 0 Å². The maximum Gasteiger partial charge on any atom is 0.237 e. The molecule has 0 aliphatic heterocycles. The first-order valence-corrected chi connectivity index (χ1v) is 9.45. The Morgan fingerprint density at radius 3 is 2.70 bits per heavy atom. The Morgan fingerprint density at radius 2 is 2.00 bits per heavy atom. The average Bonchev–Trinajstić information content (AvgIpc) is 3.07. The lowest BCUT2D eigenvalue weighted by Crippen LogP contribution is -2.23. The highest BCUT2D eigenvalue weighted by Crippen LogP contribution is 2.27. The Kier molecular flexibility index (Phi) is 6.03. The number of para-hydroxylation sites is 1. The van der Waals surface area contributed by atoms with Crippen LogP contribution < -0.4 is 5.32 Å². The number of hydrogen-bond acceptors (Lipinski definition) is 5. The van der Waals surface area contributed by atoms with Crippen molar-refractivity contribution in [1.29, 1.82) is 0 Å². The molecule has 3 aromatic rings. The van der Waals surface area contributed by atoms with Crippen molar-refractivity contribution >= 4 is 23.4 Å². The summed E-state index contributed by atoms with van der Waals surface area (Å²) >= 11 is 1.37. The molecule has 0 bridgehead atoms. The zero-order valence-electron chi connectivity index (χ0n) is 15.3. The Hall–Kier alpha value is -2.93. The van der Waals surface area contributed by atoms with E-state index in [-0.39, 0.29) is 11.2 Å². The van der Waals surface area contributed by atoms with Gasteiger partial charge >= 0.3 is 0 Å². The number of aromatic nitrogens is 4. The molecule has 0 spiro atoms. The summed E-state index contributed by atoms with van der Waals surface area (Å²) in [6, 6.07) is 11.5. The van der Waals surface area contributed by atoms with Gasteiger partial charge < -0.3 is 5.32 Å². The molecule has 1 atom stereocenters. The van der Waals surface area contributed by atoms with Gasteiger partial charge in [-0.05, 0) is 37.6 Å². The van der Waals surface area contributed by atoms with Crippen molar-refractivity contribution in [3.05, 3.63) is 67.0 Å². The molecule has 1 N–H and O–H groups in total. The third-order valence-electron chi connectivity index (χ3n) is 4.02. The van der Waals surface area contributed by atoms with Crippen molar-refractivity contribution in [2.75, 3.05) is 5.32 Å². The lowest BCUT2D eigenvalue weighted by Gasteiger charge is -2.14. The number of carbonyl (C=O) groups excluding carboxylic acids is 1. The zero-order valence-corrected chi connectivity index (χ0v) is 16.1. The Labute approximate surface area is 162 Å². The molecule has 7 heteroatoms. The maximum absolute atomic E-state index is 12.6. The maximum atomic E-state index is 12.6. The van der Waals surface area contributed by atoms with Crippen LogP contribution in [0, 0.1) is 6.92 Å². The number of amides is 1. The molecule has 138 valence electrons. The summed E-state index contributed by atoms with van der Waals surface area (Å²) in [5.74, 6) is 0.652. The summed E-state index contributed by atoms with van der Waals surface area (Å²) in [6.45, 7) is 8.19. The van der Waals surface area contributed by atoms with Gasteiger partial charge in [0.05, 0.1) is 5.25 Å². The zero-order chi connectivity index (χ0) is 19.2. The molecule has 3 rings (SSSR count). The first-order chi connectivity index (χ1) is 13.1. The monoisotopic (exact) mass is 379 g/mol. The molecule has 1 amide bonds. The molecule has 2 heterocycles. The molecule has 1 unspecified atom stereocenters. The van der Waals surface area contributed by atoms with Crippen molar-refractivity contribution in [3.63, 3.8) is 0 Å². The highest BCUT2D eigenvalue weighted by molar-refractivity contribution is 8.00. The van der Waals surface area contributed by atoms with E-state index in [0.717, 1.165) is 22.6 Å². The number of allylic oxidation sites excluding steroid dienone is 1. The number of hydrogen-bond donors (Lipinski definition) is 1. The lowest BCUT2D eigenvalue weighted by molar-refractivity contribution is -0.115. The van der Waals surface area contributed by atoms with Gasteiger partial charge in [0.25, 0.3) is 0 Å². The number of aryl methyl sites for hydroxylation is 1. The first-order valence-electron chi connectivity index (χ1n) is 8.57. The van der Waals surface area contributed by atoms with E-state index >= 15 is 0 Å². The van der Waals surface area contributed by atoms with Crippen molar-refractivity contribution in [2.45, 2.75) is 30.8 Å². The molecule has 0 aliphatic carbocycles. The number of anilines is 1. The van der Waals surface area contributed by atoms with Crippen LogP contribution in [0.2, 0.25) is 0 Å². The summed E-state index contributed by atoms with van der Waals surface area (Å²) in [6.07, 6.45) is 5.22. The standard InChI is InChI=1S/C20H21N5OS/c1-4-13-25-18(16-9-11-21-12-10-16)23-24-20(25)27-15(3)19(26)22-17-8-6-5-7-14(17)2/h4-12,15H,1,13H2,2-3H3,(H,22,26). The summed E-state index contributed by atoms with van der Waals surface area (Å²) in [5, 5.41) is 11.9. The summed E-state index contributed by atoms with van der Waals surface area (Å²) in [4.78, 5) is 16.6. The normalized spacial score (nSPS) is 11.8. The first kappa shape index (κ1) is 18.8. The Balaban J connectivity index is 1.78. The number of thioether (sulfide) groups is 1. The fraction of sp³-hybridized carbons (Fsp3) is 0.200. The predicted octanol–water partition coefficient (Wildman–Crippen LogP) is 3.95. The average molecular weight is 379 g/mol. The SMILES string of the molecule is C=CCn1c(SC(C)C(=O)Nc2ccccc2C)nnc1-c1ccncc1. The highest BCUT2D eigenvalue weighted by Gasteiger charge is 2.21. The van der Waals surface area contributed by atoms with Gasteiger partial charge in [0.1, 0.15) is 0 Å². The lowest BCUT2D eigenvalue weighted by atomic mass is 10.2. The second kappa shape index (κ2) is 8.64. The molecule has 2 aromatic heterocycles. The van der Waals surface area contributed by atoms with Crippen LogP contribution in [0.15, 0.2) is 66.6 Å². The third kappa shape index (κ3) is 4.43. The van der Waals surface area contributed by atoms with Gasteiger partial charge in [0.15, 0.2) is 11.0 Å². The Morgan fingerprint density at radius 1 is 1.26 bits per heavy atom. The minimum Gasteiger partial charge on any atom is -0.325 e. The van der Waals surface area contributed by atoms with Crippen molar-refractivity contribution in [2.24, 2.45) is 0 Å². The molecule has 6 nitrogen and oxygen atoms in total. The van der Waals surface area contributed by atoms with E-state index in [1.54, 1.807) is 18.5 Å². The van der Waals surface area contributed by atoms with Gasteiger partial charge in [-0.2, -0.15) is 0 Å². The summed E-state index contributed by atoms with van der Waals surface area (Å²) in [7, 11) is 0. The van der Waals surface area contributed by atoms with Crippen LogP contribution >= 0.6 is 11.8 Å². The molecule has 0 saturated carbocycles. The van der Waals surface area contributed by atoms with Gasteiger partial charge in [-0.15, -0.1) is 16.8 Å². The van der Waals surface area contributed by atoms with Crippen LogP contribution in [-0.4, -0.2) is 30.9 Å². The van der Waals surface area contributed by atoms with Gasteiger partial charge in [0.2, 0.25) is 5.91 Å². The van der Waals surface area contributed by atoms with Crippen molar-refractivity contribution in [3.8, 4) is 11.4 Å². The minimum absolute atomic E-state index is 0.0760. The minimum atomic E-state index is -0.331. The molecule has 0 aliphatic rings. The van der Waals surface area contributed by atoms with Crippen LogP contribution in [0.3, 0.4) is 0 Å². The molecular weight excluding hydrogens is 358 g/mol. The van der Waals surface area contributed by atoms with E-state index in [1.807, 2.05) is 54.8 Å². The smallest absolute Gasteiger partial charge is 0.237 e. The molecule has 0 fully saturated rings. The van der Waals surface area contributed by atoms with E-state index in [9.17, 15) is 4.79 Å². The predicted molar refractivity (Wildman–Crippen MR) is 109 cm³/mol. The second-order valence-electron chi connectivity index (χ2n) is 6.01. The van der Waals surface area contributed by atoms with Crippen LogP contribution in [0.25, 0.3) is 11.4 Å². The second-order valence-corrected chi connectivity index (χ2v) is 7.31. The third-order valence-corrected chi connectivity index (χ3v) is 5.10. The Bertz CT molecular complexity index is 939. The van der Waals surface area contributed by atoms with Crippen LogP contribution in [0.4, 0.5) is 5.69 Å². The summed E-state index contributed by atoms with van der Waals surface area (Å²) in [5.41, 5.74) is 2.76. The largest absolute Gasteiger partial charge is 0.325 e. The van der Waals surface area contributed by atoms with Crippen LogP contribution in [0.5, 0.6) is 0 Å². The van der Waals surface area contributed by atoms with Gasteiger partial charge in [-0.1, -0.05) is 36.0 Å². The molecule has 27 heavy (non-hydrogen) atoms. The fourth-order valence-electron chi connectivity index (χ4n) is 2.54. The number of carbonyl (C=O) groups is 1. The number of pyridine rings is 1. The van der Waals surface area contributed by atoms with Crippen LogP contribution in [-0.2, 0) is 11.3 Å². The van der Waals surface area contributed by atoms with E-state index in [2.05, 4.69) is 27.1 Å². The molecule has 0 saturated heterocycles. The van der Waals surface area contributed by atoms with E-state index < -0.39 is 0 Å². The quantitative estimate of drug-likeness (QED) is 0.497. The van der Waals surface area contributed by atoms with E-state index in [0.29, 0.717) is 11.7 Å². The van der Waals surface area contributed by atoms with Gasteiger partial charge in [-0.25, -0.2) is 0 Å². The van der Waals surface area contributed by atoms with Crippen molar-refractivity contribution < 1.29 is 4.79 Å². The molecule has 1 aromatic carbocycles. The van der Waals surface area contributed by atoms with Gasteiger partial charge in [-0.3, -0.25) is 14.3 Å². The fourth-order valence-corrected chi connectivity index (χ4v) is 3.40. The van der Waals surface area contributed by atoms with Crippen LogP contribution in [0.1, 0.15) is 12.5 Å². The molecular formula is C20H21N5OS. The van der Waals surface area contributed by atoms with Crippen molar-refractivity contribution in [1.82, 2.24) is 19.7 Å². The van der Waals surface area contributed by atoms with Gasteiger partial charge in [0, 0.05) is 30.2 Å².